The Kier molecular flexibility index (Phi) is 4.53. The lowest BCUT2D eigenvalue weighted by Gasteiger charge is -2.10. The molecule has 8 heteroatoms. The van der Waals surface area contributed by atoms with Crippen LogP contribution in [0.3, 0.4) is 0 Å². The monoisotopic (exact) mass is 468 g/mol. The first-order valence-electron chi connectivity index (χ1n) is 7.02. The second kappa shape index (κ2) is 6.25. The Bertz CT molecular complexity index is 986. The van der Waals surface area contributed by atoms with Gasteiger partial charge in [0.15, 0.2) is 11.5 Å². The van der Waals surface area contributed by atoms with Crippen LogP contribution in [-0.2, 0) is 5.92 Å². The summed E-state index contributed by atoms with van der Waals surface area (Å²) in [5, 5.41) is 10.0. The van der Waals surface area contributed by atoms with Crippen LogP contribution in [0.1, 0.15) is 28.6 Å². The minimum Gasteiger partial charge on any atom is -0.506 e. The molecule has 3 nitrogen and oxygen atoms in total. The third kappa shape index (κ3) is 3.25. The molecule has 0 aliphatic rings. The van der Waals surface area contributed by atoms with Gasteiger partial charge in [0.25, 0.3) is 0 Å². The number of halogens is 4. The van der Waals surface area contributed by atoms with Crippen LogP contribution in [0.4, 0.5) is 8.78 Å². The van der Waals surface area contributed by atoms with Crippen LogP contribution >= 0.6 is 31.9 Å². The van der Waals surface area contributed by atoms with E-state index in [4.69, 9.17) is 12.3 Å². The molecule has 0 saturated heterocycles. The fourth-order valence-corrected chi connectivity index (χ4v) is 3.68. The number of hydrogen-bond acceptors (Lipinski definition) is 3. The van der Waals surface area contributed by atoms with Crippen molar-refractivity contribution in [2.24, 2.45) is 0 Å². The van der Waals surface area contributed by atoms with E-state index in [1.54, 1.807) is 0 Å². The molecule has 0 amide bonds. The average Bonchev–Trinajstić information content (AvgIpc) is 2.90. The van der Waals surface area contributed by atoms with Crippen LogP contribution in [-0.4, -0.2) is 18.7 Å². The molecule has 3 rings (SSSR count). The molecule has 0 atom stereocenters. The fourth-order valence-electron chi connectivity index (χ4n) is 2.49. The number of rotatable bonds is 3. The number of fused-ring (bicyclic) bond motifs is 1. The van der Waals surface area contributed by atoms with Gasteiger partial charge in [-0.2, -0.15) is 8.78 Å². The SMILES string of the molecule is [B]c1ccc2c(C(=O)c3cc(Br)c(O)c(Br)c3)c(C(C)(F)F)oc2c1. The molecule has 2 radical (unpaired) electrons. The number of phenols is 1. The van der Waals surface area contributed by atoms with Gasteiger partial charge in [0.1, 0.15) is 19.2 Å². The lowest BCUT2D eigenvalue weighted by atomic mass is 9.93. The Hall–Kier alpha value is -1.67. The molecule has 0 fully saturated rings. The predicted molar refractivity (Wildman–Crippen MR) is 98.1 cm³/mol. The number of alkyl halides is 2. The van der Waals surface area contributed by atoms with Gasteiger partial charge in [-0.25, -0.2) is 0 Å². The quantitative estimate of drug-likeness (QED) is 0.443. The highest BCUT2D eigenvalue weighted by atomic mass is 79.9. The van der Waals surface area contributed by atoms with Crippen LogP contribution in [0.2, 0.25) is 0 Å². The Balaban J connectivity index is 2.28. The number of hydrogen-bond donors (Lipinski definition) is 1. The van der Waals surface area contributed by atoms with Gasteiger partial charge in [0, 0.05) is 17.9 Å². The van der Waals surface area contributed by atoms with E-state index in [0.29, 0.717) is 12.4 Å². The van der Waals surface area contributed by atoms with Gasteiger partial charge in [-0.1, -0.05) is 17.6 Å². The van der Waals surface area contributed by atoms with Crippen molar-refractivity contribution in [1.29, 1.82) is 0 Å². The molecule has 3 aromatic rings. The summed E-state index contributed by atoms with van der Waals surface area (Å²) in [6.07, 6.45) is 0. The Morgan fingerprint density at radius 2 is 1.80 bits per heavy atom. The summed E-state index contributed by atoms with van der Waals surface area (Å²) in [6.45, 7) is 0.660. The lowest BCUT2D eigenvalue weighted by Crippen LogP contribution is -2.13. The van der Waals surface area contributed by atoms with Crippen LogP contribution in [0, 0.1) is 0 Å². The molecular formula is C17H9BBr2F2O3. The van der Waals surface area contributed by atoms with Crippen molar-refractivity contribution in [2.75, 3.05) is 0 Å². The van der Waals surface area contributed by atoms with Crippen molar-refractivity contribution in [3.05, 3.63) is 56.2 Å². The van der Waals surface area contributed by atoms with Crippen molar-refractivity contribution >= 4 is 61.9 Å². The van der Waals surface area contributed by atoms with E-state index >= 15 is 0 Å². The number of carbonyl (C=O) groups excluding carboxylic acids is 1. The van der Waals surface area contributed by atoms with Gasteiger partial charge >= 0.3 is 5.92 Å². The van der Waals surface area contributed by atoms with Gasteiger partial charge in [-0.15, -0.1) is 0 Å². The summed E-state index contributed by atoms with van der Waals surface area (Å²) < 4.78 is 33.8. The maximum absolute atomic E-state index is 14.0. The topological polar surface area (TPSA) is 50.4 Å². The van der Waals surface area contributed by atoms with Crippen molar-refractivity contribution in [2.45, 2.75) is 12.8 Å². The zero-order chi connectivity index (χ0) is 18.5. The summed E-state index contributed by atoms with van der Waals surface area (Å²) in [6, 6.07) is 7.09. The number of aromatic hydroxyl groups is 1. The highest BCUT2D eigenvalue weighted by Crippen LogP contribution is 2.39. The molecule has 2 aromatic carbocycles. The predicted octanol–water partition coefficient (Wildman–Crippen LogP) is 4.80. The molecule has 1 heterocycles. The minimum atomic E-state index is -3.36. The molecule has 0 bridgehead atoms. The van der Waals surface area contributed by atoms with Crippen LogP contribution < -0.4 is 5.46 Å². The normalized spacial score (nSPS) is 11.9. The molecule has 1 aromatic heterocycles. The second-order valence-electron chi connectivity index (χ2n) is 5.57. The van der Waals surface area contributed by atoms with Crippen LogP contribution in [0.5, 0.6) is 5.75 Å². The van der Waals surface area contributed by atoms with E-state index < -0.39 is 17.5 Å². The zero-order valence-electron chi connectivity index (χ0n) is 12.7. The van der Waals surface area contributed by atoms with E-state index in [0.717, 1.165) is 0 Å². The molecule has 126 valence electrons. The van der Waals surface area contributed by atoms with E-state index in [2.05, 4.69) is 31.9 Å². The molecule has 0 saturated carbocycles. The van der Waals surface area contributed by atoms with Gasteiger partial charge in [-0.3, -0.25) is 4.79 Å². The van der Waals surface area contributed by atoms with Gasteiger partial charge in [-0.05, 0) is 50.1 Å². The number of benzene rings is 2. The number of phenolic OH excluding ortho intramolecular Hbond substituents is 1. The summed E-state index contributed by atoms with van der Waals surface area (Å²) in [5.74, 6) is -4.83. The Labute approximate surface area is 159 Å². The standard InChI is InChI=1S/C17H9BBr2F2O3/c1-17(21,22)16-13(9-3-2-8(18)6-12(9)25-16)14(23)7-4-10(19)15(24)11(20)5-7/h2-6,24H,1H3. The van der Waals surface area contributed by atoms with Crippen molar-refractivity contribution in [3.63, 3.8) is 0 Å². The van der Waals surface area contributed by atoms with Crippen LogP contribution in [0.15, 0.2) is 43.7 Å². The third-order valence-electron chi connectivity index (χ3n) is 3.62. The summed E-state index contributed by atoms with van der Waals surface area (Å²) in [7, 11) is 5.66. The Morgan fingerprint density at radius 3 is 2.36 bits per heavy atom. The van der Waals surface area contributed by atoms with E-state index in [9.17, 15) is 18.7 Å². The number of carbonyl (C=O) groups is 1. The van der Waals surface area contributed by atoms with E-state index in [1.807, 2.05) is 0 Å². The maximum Gasteiger partial charge on any atom is 0.302 e. The van der Waals surface area contributed by atoms with Crippen LogP contribution in [0.25, 0.3) is 11.0 Å². The van der Waals surface area contributed by atoms with Gasteiger partial charge < -0.3 is 9.52 Å². The molecule has 0 aliphatic heterocycles. The number of ketones is 1. The fraction of sp³-hybridized carbons (Fsp3) is 0.118. The van der Waals surface area contributed by atoms with E-state index in [1.165, 1.54) is 30.3 Å². The summed E-state index contributed by atoms with van der Waals surface area (Å²) >= 11 is 6.25. The second-order valence-corrected chi connectivity index (χ2v) is 7.28. The largest absolute Gasteiger partial charge is 0.506 e. The third-order valence-corrected chi connectivity index (χ3v) is 4.83. The first kappa shape index (κ1) is 18.1. The summed E-state index contributed by atoms with van der Waals surface area (Å²) in [5.41, 5.74) is 0.326. The van der Waals surface area contributed by atoms with Crippen molar-refractivity contribution in [3.8, 4) is 5.75 Å². The van der Waals surface area contributed by atoms with E-state index in [-0.39, 0.29) is 36.8 Å². The Morgan fingerprint density at radius 1 is 1.20 bits per heavy atom. The molecule has 0 spiro atoms. The maximum atomic E-state index is 14.0. The lowest BCUT2D eigenvalue weighted by molar-refractivity contribution is -0.00469. The first-order chi connectivity index (χ1) is 11.6. The molecule has 1 N–H and O–H groups in total. The smallest absolute Gasteiger partial charge is 0.302 e. The zero-order valence-corrected chi connectivity index (χ0v) is 15.9. The molecule has 0 aliphatic carbocycles. The van der Waals surface area contributed by atoms with Gasteiger partial charge in [0.2, 0.25) is 0 Å². The summed E-state index contributed by atoms with van der Waals surface area (Å²) in [4.78, 5) is 12.9. The molecule has 25 heavy (non-hydrogen) atoms. The van der Waals surface area contributed by atoms with Crippen molar-refractivity contribution in [1.82, 2.24) is 0 Å². The number of furan rings is 1. The first-order valence-corrected chi connectivity index (χ1v) is 8.61. The van der Waals surface area contributed by atoms with Gasteiger partial charge in [0.05, 0.1) is 14.5 Å². The minimum absolute atomic E-state index is 0.0950. The highest BCUT2D eigenvalue weighted by Gasteiger charge is 2.36. The molecular weight excluding hydrogens is 461 g/mol. The highest BCUT2D eigenvalue weighted by molar-refractivity contribution is 9.11. The average molecular weight is 470 g/mol. The van der Waals surface area contributed by atoms with Crippen molar-refractivity contribution < 1.29 is 23.1 Å². The molecule has 0 unspecified atom stereocenters.